The van der Waals surface area contributed by atoms with Gasteiger partial charge in [-0.3, -0.25) is 4.79 Å². The third-order valence-electron chi connectivity index (χ3n) is 6.55. The number of methoxy groups -OCH3 is 1. The largest absolute Gasteiger partial charge is 0.465 e. The van der Waals surface area contributed by atoms with E-state index in [1.807, 2.05) is 62.1 Å². The van der Waals surface area contributed by atoms with E-state index in [1.165, 1.54) is 7.11 Å². The first-order valence-corrected chi connectivity index (χ1v) is 11.9. The highest BCUT2D eigenvalue weighted by Gasteiger charge is 2.54. The number of para-hydroxylation sites is 1. The fourth-order valence-electron chi connectivity index (χ4n) is 4.84. The van der Waals surface area contributed by atoms with Crippen LogP contribution in [0.5, 0.6) is 0 Å². The van der Waals surface area contributed by atoms with Crippen molar-refractivity contribution in [3.63, 3.8) is 0 Å². The third-order valence-corrected chi connectivity index (χ3v) is 6.55. The summed E-state index contributed by atoms with van der Waals surface area (Å²) in [5, 5.41) is 0. The summed E-state index contributed by atoms with van der Waals surface area (Å²) in [5.41, 5.74) is 0.979. The van der Waals surface area contributed by atoms with Crippen LogP contribution in [-0.4, -0.2) is 65.8 Å². The zero-order valence-electron chi connectivity index (χ0n) is 20.8. The number of amides is 2. The molecule has 2 aliphatic rings. The topological polar surface area (TPSA) is 79.4 Å². The summed E-state index contributed by atoms with van der Waals surface area (Å²) in [6.45, 7) is 7.23. The zero-order valence-corrected chi connectivity index (χ0v) is 20.8. The summed E-state index contributed by atoms with van der Waals surface area (Å²) < 4.78 is 10.4. The second-order valence-corrected chi connectivity index (χ2v) is 10.1. The maximum absolute atomic E-state index is 13.9. The number of ether oxygens (including phenoxy) is 2. The molecule has 2 saturated heterocycles. The van der Waals surface area contributed by atoms with Crippen LogP contribution in [0.15, 0.2) is 54.6 Å². The van der Waals surface area contributed by atoms with Crippen molar-refractivity contribution >= 4 is 23.7 Å². The molecular formula is C27H33N3O5. The Balaban J connectivity index is 1.57. The maximum Gasteiger partial charge on any atom is 0.410 e. The van der Waals surface area contributed by atoms with Gasteiger partial charge in [0.25, 0.3) is 0 Å². The van der Waals surface area contributed by atoms with Crippen molar-refractivity contribution in [2.24, 2.45) is 0 Å². The number of rotatable bonds is 4. The van der Waals surface area contributed by atoms with Crippen LogP contribution >= 0.6 is 0 Å². The van der Waals surface area contributed by atoms with Crippen molar-refractivity contribution in [1.29, 1.82) is 0 Å². The smallest absolute Gasteiger partial charge is 0.410 e. The molecule has 0 aromatic heterocycles. The molecule has 0 saturated carbocycles. The standard InChI is InChI=1S/C27H33N3O5/c1-26(2,3)35-25(33)28-15-13-27(14-16-28)24(32)29(19-30(27)22-11-6-5-7-12-22)18-20-9-8-10-21(17-20)23(31)34-4/h5-12,17H,13-16,18-19H2,1-4H3. The van der Waals surface area contributed by atoms with Crippen molar-refractivity contribution in [1.82, 2.24) is 9.80 Å². The first-order chi connectivity index (χ1) is 16.6. The zero-order chi connectivity index (χ0) is 25.2. The molecule has 2 fully saturated rings. The average Bonchev–Trinajstić information content (AvgIpc) is 3.09. The average molecular weight is 480 g/mol. The van der Waals surface area contributed by atoms with Crippen molar-refractivity contribution in [2.75, 3.05) is 31.8 Å². The van der Waals surface area contributed by atoms with Crippen molar-refractivity contribution < 1.29 is 23.9 Å². The number of benzene rings is 2. The number of hydrogen-bond acceptors (Lipinski definition) is 6. The van der Waals surface area contributed by atoms with E-state index in [-0.39, 0.29) is 12.0 Å². The lowest BCUT2D eigenvalue weighted by Crippen LogP contribution is -2.57. The molecule has 8 heteroatoms. The van der Waals surface area contributed by atoms with Gasteiger partial charge in [0, 0.05) is 25.3 Å². The second-order valence-electron chi connectivity index (χ2n) is 10.1. The van der Waals surface area contributed by atoms with Gasteiger partial charge in [-0.25, -0.2) is 9.59 Å². The Bertz CT molecular complexity index is 1090. The minimum Gasteiger partial charge on any atom is -0.465 e. The van der Waals surface area contributed by atoms with E-state index in [0.717, 1.165) is 11.3 Å². The summed E-state index contributed by atoms with van der Waals surface area (Å²) in [6.07, 6.45) is 0.678. The van der Waals surface area contributed by atoms with Gasteiger partial charge in [-0.15, -0.1) is 0 Å². The van der Waals surface area contributed by atoms with Crippen LogP contribution in [0.1, 0.15) is 49.5 Å². The number of anilines is 1. The molecule has 2 aromatic rings. The number of nitrogens with zero attached hydrogens (tertiary/aromatic N) is 3. The van der Waals surface area contributed by atoms with E-state index < -0.39 is 17.1 Å². The predicted molar refractivity (Wildman–Crippen MR) is 132 cm³/mol. The van der Waals surface area contributed by atoms with Gasteiger partial charge in [-0.2, -0.15) is 0 Å². The SMILES string of the molecule is COC(=O)c1cccc(CN2CN(c3ccccc3)C3(CCN(C(=O)OC(C)(C)C)CC3)C2=O)c1. The molecule has 8 nitrogen and oxygen atoms in total. The molecule has 1 spiro atoms. The molecule has 2 aliphatic heterocycles. The van der Waals surface area contributed by atoms with Gasteiger partial charge in [0.1, 0.15) is 11.1 Å². The monoisotopic (exact) mass is 479 g/mol. The molecule has 0 N–H and O–H groups in total. The highest BCUT2D eigenvalue weighted by molar-refractivity contribution is 5.94. The lowest BCUT2D eigenvalue weighted by atomic mass is 9.85. The first kappa shape index (κ1) is 24.6. The Morgan fingerprint density at radius 1 is 1.00 bits per heavy atom. The Hall–Kier alpha value is -3.55. The highest BCUT2D eigenvalue weighted by Crippen LogP contribution is 2.40. The third kappa shape index (κ3) is 5.11. The van der Waals surface area contributed by atoms with Crippen LogP contribution in [0.2, 0.25) is 0 Å². The van der Waals surface area contributed by atoms with Crippen molar-refractivity contribution in [3.05, 3.63) is 65.7 Å². The molecule has 4 rings (SSSR count). The van der Waals surface area contributed by atoms with Crippen molar-refractivity contribution in [3.8, 4) is 0 Å². The molecular weight excluding hydrogens is 446 g/mol. The minimum atomic E-state index is -0.736. The Morgan fingerprint density at radius 3 is 2.31 bits per heavy atom. The first-order valence-electron chi connectivity index (χ1n) is 11.9. The van der Waals surface area contributed by atoms with E-state index in [0.29, 0.717) is 44.7 Å². The number of esters is 1. The van der Waals surface area contributed by atoms with Crippen LogP contribution in [-0.2, 0) is 20.8 Å². The van der Waals surface area contributed by atoms with E-state index in [4.69, 9.17) is 9.47 Å². The molecule has 0 aliphatic carbocycles. The summed E-state index contributed by atoms with van der Waals surface area (Å²) in [6, 6.07) is 17.1. The van der Waals surface area contributed by atoms with E-state index >= 15 is 0 Å². The van der Waals surface area contributed by atoms with Crippen LogP contribution in [0.3, 0.4) is 0 Å². The maximum atomic E-state index is 13.9. The van der Waals surface area contributed by atoms with E-state index in [2.05, 4.69) is 4.90 Å². The minimum absolute atomic E-state index is 0.0358. The quantitative estimate of drug-likeness (QED) is 0.616. The summed E-state index contributed by atoms with van der Waals surface area (Å²) >= 11 is 0. The van der Waals surface area contributed by atoms with Crippen LogP contribution < -0.4 is 4.90 Å². The Labute approximate surface area is 206 Å². The Kier molecular flexibility index (Phi) is 6.74. The Morgan fingerprint density at radius 2 is 1.69 bits per heavy atom. The highest BCUT2D eigenvalue weighted by atomic mass is 16.6. The normalized spacial score (nSPS) is 17.6. The van der Waals surface area contributed by atoms with Crippen molar-refractivity contribution in [2.45, 2.75) is 51.3 Å². The number of hydrogen-bond donors (Lipinski definition) is 0. The number of carbonyl (C=O) groups is 3. The van der Waals surface area contributed by atoms with E-state index in [9.17, 15) is 14.4 Å². The van der Waals surface area contributed by atoms with Crippen LogP contribution in [0.4, 0.5) is 10.5 Å². The fourth-order valence-corrected chi connectivity index (χ4v) is 4.84. The van der Waals surface area contributed by atoms with Crippen LogP contribution in [0, 0.1) is 0 Å². The van der Waals surface area contributed by atoms with Gasteiger partial charge in [-0.1, -0.05) is 30.3 Å². The molecule has 2 aromatic carbocycles. The molecule has 2 heterocycles. The van der Waals surface area contributed by atoms with Gasteiger partial charge >= 0.3 is 12.1 Å². The van der Waals surface area contributed by atoms with Gasteiger partial charge in [0.05, 0.1) is 19.3 Å². The molecule has 35 heavy (non-hydrogen) atoms. The molecule has 0 atom stereocenters. The summed E-state index contributed by atoms with van der Waals surface area (Å²) in [7, 11) is 1.35. The molecule has 2 amide bonds. The van der Waals surface area contributed by atoms with Gasteiger partial charge in [0.2, 0.25) is 5.91 Å². The number of likely N-dealkylation sites (tertiary alicyclic amines) is 1. The fraction of sp³-hybridized carbons (Fsp3) is 0.444. The summed E-state index contributed by atoms with van der Waals surface area (Å²) in [4.78, 5) is 44.2. The van der Waals surface area contributed by atoms with E-state index in [1.54, 1.807) is 23.1 Å². The molecule has 0 unspecified atom stereocenters. The second kappa shape index (κ2) is 9.60. The lowest BCUT2D eigenvalue weighted by molar-refractivity contribution is -0.134. The molecule has 0 radical (unpaired) electrons. The number of piperidine rings is 1. The molecule has 186 valence electrons. The summed E-state index contributed by atoms with van der Waals surface area (Å²) in [5.74, 6) is -0.370. The molecule has 0 bridgehead atoms. The number of carbonyl (C=O) groups excluding carboxylic acids is 3. The predicted octanol–water partition coefficient (Wildman–Crippen LogP) is 4.05. The van der Waals surface area contributed by atoms with Gasteiger partial charge in [0.15, 0.2) is 0 Å². The lowest BCUT2D eigenvalue weighted by Gasteiger charge is -2.43. The van der Waals surface area contributed by atoms with Crippen LogP contribution in [0.25, 0.3) is 0 Å². The van der Waals surface area contributed by atoms with Gasteiger partial charge in [-0.05, 0) is 63.4 Å². The van der Waals surface area contributed by atoms with Gasteiger partial charge < -0.3 is 24.2 Å².